The summed E-state index contributed by atoms with van der Waals surface area (Å²) in [5.74, 6) is 3.78. The van der Waals surface area contributed by atoms with Crippen LogP contribution in [0, 0.1) is 0 Å². The van der Waals surface area contributed by atoms with Crippen molar-refractivity contribution in [1.29, 1.82) is 0 Å². The Morgan fingerprint density at radius 2 is 1.68 bits per heavy atom. The second-order valence-corrected chi connectivity index (χ2v) is 9.76. The van der Waals surface area contributed by atoms with Crippen LogP contribution in [0.2, 0.25) is 0 Å². The normalized spacial score (nSPS) is 17.7. The average Bonchev–Trinajstić information content (AvgIpc) is 3.37. The van der Waals surface area contributed by atoms with Gasteiger partial charge in [-0.3, -0.25) is 0 Å². The summed E-state index contributed by atoms with van der Waals surface area (Å²) in [5, 5.41) is 7.53. The topological polar surface area (TPSA) is 39.2 Å². The van der Waals surface area contributed by atoms with Crippen LogP contribution >= 0.6 is 11.8 Å². The van der Waals surface area contributed by atoms with Crippen LogP contribution < -0.4 is 15.1 Å². The van der Waals surface area contributed by atoms with Gasteiger partial charge < -0.3 is 24.7 Å². The summed E-state index contributed by atoms with van der Waals surface area (Å²) in [5.41, 5.74) is 5.07. The van der Waals surface area contributed by atoms with Crippen LogP contribution in [0.4, 0.5) is 11.5 Å². The Morgan fingerprint density at radius 1 is 0.871 bits per heavy atom. The van der Waals surface area contributed by atoms with Crippen LogP contribution in [0.3, 0.4) is 0 Å². The van der Waals surface area contributed by atoms with Crippen LogP contribution in [-0.4, -0.2) is 60.3 Å². The van der Waals surface area contributed by atoms with Crippen molar-refractivity contribution in [1.82, 2.24) is 14.9 Å². The van der Waals surface area contributed by atoms with Gasteiger partial charge in [0.25, 0.3) is 0 Å². The number of fused-ring (bicyclic) bond motifs is 2. The van der Waals surface area contributed by atoms with Crippen molar-refractivity contribution in [2.45, 2.75) is 0 Å². The Hall–Kier alpha value is -2.57. The van der Waals surface area contributed by atoms with Gasteiger partial charge in [0.2, 0.25) is 0 Å². The van der Waals surface area contributed by atoms with Crippen molar-refractivity contribution in [3.63, 3.8) is 0 Å². The van der Waals surface area contributed by atoms with Gasteiger partial charge in [-0.2, -0.15) is 11.8 Å². The van der Waals surface area contributed by atoms with Gasteiger partial charge in [-0.05, 0) is 18.2 Å². The molecule has 2 fully saturated rings. The molecule has 2 aliphatic rings. The van der Waals surface area contributed by atoms with E-state index in [1.165, 1.54) is 56.1 Å². The maximum atomic E-state index is 3.69. The van der Waals surface area contributed by atoms with Crippen LogP contribution in [0.5, 0.6) is 0 Å². The number of benzene rings is 2. The molecule has 0 unspecified atom stereocenters. The largest absolute Gasteiger partial charge is 0.369 e. The van der Waals surface area contributed by atoms with Crippen molar-refractivity contribution < 1.29 is 0 Å². The lowest BCUT2D eigenvalue weighted by Gasteiger charge is -2.33. The number of H-pyrrole nitrogens is 1. The lowest BCUT2D eigenvalue weighted by atomic mass is 10.1. The quantitative estimate of drug-likeness (QED) is 0.508. The van der Waals surface area contributed by atoms with Gasteiger partial charge in [0.1, 0.15) is 5.82 Å². The number of aromatic nitrogens is 2. The fourth-order valence-corrected chi connectivity index (χ4v) is 6.17. The Bertz CT molecular complexity index is 1190. The molecule has 6 rings (SSSR count). The fraction of sp³-hybridized carbons (Fsp3) is 0.360. The molecule has 4 heterocycles. The second kappa shape index (κ2) is 7.84. The van der Waals surface area contributed by atoms with E-state index >= 15 is 0 Å². The molecule has 6 heteroatoms. The monoisotopic (exact) mass is 431 g/mol. The molecule has 0 saturated carbocycles. The number of para-hydroxylation sites is 1. The molecule has 2 aliphatic heterocycles. The van der Waals surface area contributed by atoms with Crippen molar-refractivity contribution in [2.75, 3.05) is 60.6 Å². The molecular weight excluding hydrogens is 402 g/mol. The predicted molar refractivity (Wildman–Crippen MR) is 135 cm³/mol. The minimum atomic E-state index is 1.04. The Labute approximate surface area is 187 Å². The summed E-state index contributed by atoms with van der Waals surface area (Å²) < 4.78 is 2.43. The summed E-state index contributed by atoms with van der Waals surface area (Å²) in [6, 6.07) is 17.8. The highest BCUT2D eigenvalue weighted by Crippen LogP contribution is 2.43. The number of rotatable bonds is 3. The number of piperazine rings is 1. The molecule has 0 radical (unpaired) electrons. The van der Waals surface area contributed by atoms with E-state index in [0.29, 0.717) is 0 Å². The zero-order valence-electron chi connectivity index (χ0n) is 18.0. The SMILES string of the molecule is Cn1c(-c2cc3ccccc3[nH]2)c2cccc(N3CCSCC3)c2c1N1CCNCC1. The van der Waals surface area contributed by atoms with Gasteiger partial charge in [-0.15, -0.1) is 0 Å². The molecule has 2 aromatic heterocycles. The smallest absolute Gasteiger partial charge is 0.119 e. The van der Waals surface area contributed by atoms with Crippen molar-refractivity contribution in [3.05, 3.63) is 48.5 Å². The van der Waals surface area contributed by atoms with Gasteiger partial charge in [0.15, 0.2) is 0 Å². The number of nitrogens with zero attached hydrogens (tertiary/aromatic N) is 3. The summed E-state index contributed by atoms with van der Waals surface area (Å²) in [6.45, 7) is 6.42. The maximum Gasteiger partial charge on any atom is 0.119 e. The van der Waals surface area contributed by atoms with E-state index in [0.717, 1.165) is 39.3 Å². The van der Waals surface area contributed by atoms with Crippen molar-refractivity contribution >= 4 is 44.9 Å². The molecule has 4 aromatic rings. The van der Waals surface area contributed by atoms with Gasteiger partial charge in [0, 0.05) is 85.2 Å². The van der Waals surface area contributed by atoms with Gasteiger partial charge in [-0.1, -0.05) is 30.3 Å². The molecule has 0 spiro atoms. The minimum absolute atomic E-state index is 1.04. The number of anilines is 2. The Kier molecular flexibility index (Phi) is 4.84. The average molecular weight is 432 g/mol. The highest BCUT2D eigenvalue weighted by Gasteiger charge is 2.26. The first kappa shape index (κ1) is 19.1. The number of hydrogen-bond acceptors (Lipinski definition) is 4. The van der Waals surface area contributed by atoms with Crippen molar-refractivity contribution in [2.24, 2.45) is 7.05 Å². The third kappa shape index (κ3) is 3.20. The van der Waals surface area contributed by atoms with Gasteiger partial charge in [0.05, 0.1) is 11.4 Å². The van der Waals surface area contributed by atoms with E-state index in [2.05, 4.69) is 92.0 Å². The first-order chi connectivity index (χ1) is 15.3. The molecule has 2 saturated heterocycles. The summed E-state index contributed by atoms with van der Waals surface area (Å²) in [6.07, 6.45) is 0. The Balaban J connectivity index is 1.61. The van der Waals surface area contributed by atoms with Crippen LogP contribution in [0.25, 0.3) is 33.1 Å². The molecule has 31 heavy (non-hydrogen) atoms. The number of nitrogens with one attached hydrogen (secondary N) is 2. The summed E-state index contributed by atoms with van der Waals surface area (Å²) >= 11 is 2.07. The minimum Gasteiger partial charge on any atom is -0.369 e. The van der Waals surface area contributed by atoms with E-state index in [1.807, 2.05) is 0 Å². The van der Waals surface area contributed by atoms with Crippen LogP contribution in [0.15, 0.2) is 48.5 Å². The zero-order chi connectivity index (χ0) is 20.8. The molecule has 0 amide bonds. The highest BCUT2D eigenvalue weighted by atomic mass is 32.2. The van der Waals surface area contributed by atoms with Gasteiger partial charge in [-0.25, -0.2) is 0 Å². The molecule has 0 bridgehead atoms. The maximum absolute atomic E-state index is 3.69. The molecular formula is C25H29N5S. The Morgan fingerprint density at radius 3 is 2.48 bits per heavy atom. The number of aromatic amines is 1. The van der Waals surface area contributed by atoms with E-state index < -0.39 is 0 Å². The standard InChI is InChI=1S/C25H29N5S/c1-28-24(21-17-18-5-2-3-7-20(18)27-21)19-6-4-8-22(29-13-15-31-16-14-29)23(19)25(28)30-11-9-26-10-12-30/h2-8,17,26-27H,9-16H2,1H3. The fourth-order valence-electron chi connectivity index (χ4n) is 5.27. The lowest BCUT2D eigenvalue weighted by Crippen LogP contribution is -2.44. The summed E-state index contributed by atoms with van der Waals surface area (Å²) in [4.78, 5) is 8.86. The van der Waals surface area contributed by atoms with Crippen LogP contribution in [0.1, 0.15) is 0 Å². The predicted octanol–water partition coefficient (Wildman–Crippen LogP) is 4.29. The molecule has 0 atom stereocenters. The van der Waals surface area contributed by atoms with E-state index in [4.69, 9.17) is 0 Å². The van der Waals surface area contributed by atoms with Crippen LogP contribution in [-0.2, 0) is 7.05 Å². The first-order valence-corrected chi connectivity index (χ1v) is 12.4. The lowest BCUT2D eigenvalue weighted by molar-refractivity contribution is 0.580. The molecule has 160 valence electrons. The highest BCUT2D eigenvalue weighted by molar-refractivity contribution is 7.99. The van der Waals surface area contributed by atoms with E-state index in [9.17, 15) is 0 Å². The number of thioether (sulfide) groups is 1. The molecule has 2 aromatic carbocycles. The number of hydrogen-bond donors (Lipinski definition) is 2. The van der Waals surface area contributed by atoms with Crippen molar-refractivity contribution in [3.8, 4) is 11.4 Å². The third-order valence-corrected chi connectivity index (χ3v) is 7.67. The third-order valence-electron chi connectivity index (χ3n) is 6.73. The van der Waals surface area contributed by atoms with E-state index in [-0.39, 0.29) is 0 Å². The summed E-state index contributed by atoms with van der Waals surface area (Å²) in [7, 11) is 2.24. The van der Waals surface area contributed by atoms with Gasteiger partial charge >= 0.3 is 0 Å². The first-order valence-electron chi connectivity index (χ1n) is 11.3. The molecule has 2 N–H and O–H groups in total. The zero-order valence-corrected chi connectivity index (χ0v) is 18.8. The second-order valence-electron chi connectivity index (χ2n) is 8.54. The molecule has 5 nitrogen and oxygen atoms in total. The van der Waals surface area contributed by atoms with E-state index in [1.54, 1.807) is 0 Å². The molecule has 0 aliphatic carbocycles.